The van der Waals surface area contributed by atoms with E-state index in [-0.39, 0.29) is 29.9 Å². The highest BCUT2D eigenvalue weighted by atomic mass is 127. The van der Waals surface area contributed by atoms with Gasteiger partial charge in [-0.25, -0.2) is 4.98 Å². The standard InChI is InChI=1S/C20H33N5O2.HI/c1-16-8-6-11-18(24-16)25-19(26)12-14-23-20(21-2)22-13-7-15-27-17-9-4-3-5-10-17;/h6,8,11,17H,3-5,7,9-10,12-15H2,1-2H3,(H2,21,22,23)(H,24,25,26);1H. The van der Waals surface area contributed by atoms with Crippen molar-refractivity contribution in [3.05, 3.63) is 23.9 Å². The molecule has 0 unspecified atom stereocenters. The summed E-state index contributed by atoms with van der Waals surface area (Å²) in [6.45, 7) is 3.98. The molecule has 0 spiro atoms. The van der Waals surface area contributed by atoms with Gasteiger partial charge in [-0.3, -0.25) is 9.79 Å². The third-order valence-electron chi connectivity index (χ3n) is 4.54. The summed E-state index contributed by atoms with van der Waals surface area (Å²) < 4.78 is 5.92. The van der Waals surface area contributed by atoms with Gasteiger partial charge < -0.3 is 20.7 Å². The number of carbonyl (C=O) groups excluding carboxylic acids is 1. The number of rotatable bonds is 9. The highest BCUT2D eigenvalue weighted by Gasteiger charge is 2.13. The number of hydrogen-bond acceptors (Lipinski definition) is 4. The number of hydrogen-bond donors (Lipinski definition) is 3. The van der Waals surface area contributed by atoms with Crippen molar-refractivity contribution in [2.45, 2.75) is 58.0 Å². The van der Waals surface area contributed by atoms with E-state index in [1.807, 2.05) is 19.1 Å². The first-order valence-electron chi connectivity index (χ1n) is 9.97. The van der Waals surface area contributed by atoms with Gasteiger partial charge in [0.25, 0.3) is 0 Å². The zero-order valence-corrected chi connectivity index (χ0v) is 19.3. The van der Waals surface area contributed by atoms with E-state index >= 15 is 0 Å². The molecule has 1 aromatic heterocycles. The average Bonchev–Trinajstić information content (AvgIpc) is 2.67. The van der Waals surface area contributed by atoms with E-state index in [0.717, 1.165) is 25.3 Å². The lowest BCUT2D eigenvalue weighted by atomic mass is 9.98. The fourth-order valence-corrected chi connectivity index (χ4v) is 3.09. The lowest BCUT2D eigenvalue weighted by molar-refractivity contribution is -0.116. The first-order chi connectivity index (χ1) is 13.2. The van der Waals surface area contributed by atoms with Crippen molar-refractivity contribution in [1.29, 1.82) is 0 Å². The van der Waals surface area contributed by atoms with E-state index in [2.05, 4.69) is 25.9 Å². The van der Waals surface area contributed by atoms with Crippen molar-refractivity contribution in [2.24, 2.45) is 4.99 Å². The normalized spacial score (nSPS) is 14.9. The Labute approximate surface area is 185 Å². The van der Waals surface area contributed by atoms with Gasteiger partial charge in [0.05, 0.1) is 6.10 Å². The fraction of sp³-hybridized carbons (Fsp3) is 0.650. The third kappa shape index (κ3) is 10.2. The fourth-order valence-electron chi connectivity index (χ4n) is 3.09. The van der Waals surface area contributed by atoms with Crippen LogP contribution in [0.2, 0.25) is 0 Å². The average molecular weight is 503 g/mol. The Morgan fingerprint density at radius 3 is 2.68 bits per heavy atom. The van der Waals surface area contributed by atoms with Gasteiger partial charge in [-0.15, -0.1) is 24.0 Å². The second kappa shape index (κ2) is 14.6. The van der Waals surface area contributed by atoms with Gasteiger partial charge in [0.15, 0.2) is 5.96 Å². The molecule has 158 valence electrons. The zero-order chi connectivity index (χ0) is 19.3. The molecule has 1 aliphatic carbocycles. The lowest BCUT2D eigenvalue weighted by Gasteiger charge is -2.22. The van der Waals surface area contributed by atoms with E-state index in [4.69, 9.17) is 4.74 Å². The summed E-state index contributed by atoms with van der Waals surface area (Å²) >= 11 is 0. The first-order valence-corrected chi connectivity index (χ1v) is 9.97. The third-order valence-corrected chi connectivity index (χ3v) is 4.54. The molecule has 0 aromatic carbocycles. The van der Waals surface area contributed by atoms with E-state index in [0.29, 0.717) is 30.8 Å². The summed E-state index contributed by atoms with van der Waals surface area (Å²) in [7, 11) is 1.73. The van der Waals surface area contributed by atoms with E-state index < -0.39 is 0 Å². The zero-order valence-electron chi connectivity index (χ0n) is 17.0. The molecular weight excluding hydrogens is 469 g/mol. The maximum atomic E-state index is 12.0. The van der Waals surface area contributed by atoms with E-state index in [1.54, 1.807) is 13.1 Å². The first kappa shape index (κ1) is 24.6. The van der Waals surface area contributed by atoms with Crippen molar-refractivity contribution in [2.75, 3.05) is 32.1 Å². The van der Waals surface area contributed by atoms with Gasteiger partial charge >= 0.3 is 0 Å². The highest BCUT2D eigenvalue weighted by molar-refractivity contribution is 14.0. The van der Waals surface area contributed by atoms with Crippen LogP contribution in [-0.2, 0) is 9.53 Å². The number of guanidine groups is 1. The van der Waals surface area contributed by atoms with Gasteiger partial charge in [-0.05, 0) is 38.3 Å². The maximum absolute atomic E-state index is 12.0. The summed E-state index contributed by atoms with van der Waals surface area (Å²) in [5, 5.41) is 9.21. The van der Waals surface area contributed by atoms with E-state index in [1.165, 1.54) is 32.1 Å². The SMILES string of the molecule is CN=C(NCCCOC1CCCCC1)NCCC(=O)Nc1cccc(C)n1.I. The van der Waals surface area contributed by atoms with Gasteiger partial charge in [-0.1, -0.05) is 25.3 Å². The van der Waals surface area contributed by atoms with Crippen LogP contribution in [0.4, 0.5) is 5.82 Å². The monoisotopic (exact) mass is 503 g/mol. The summed E-state index contributed by atoms with van der Waals surface area (Å²) in [4.78, 5) is 20.4. The number of pyridine rings is 1. The molecule has 1 saturated carbocycles. The van der Waals surface area contributed by atoms with Gasteiger partial charge in [0.1, 0.15) is 5.82 Å². The van der Waals surface area contributed by atoms with Crippen LogP contribution in [0.25, 0.3) is 0 Å². The number of aromatic nitrogens is 1. The molecule has 0 saturated heterocycles. The number of aliphatic imine (C=N–C) groups is 1. The quantitative estimate of drug-likeness (QED) is 0.209. The molecule has 1 fully saturated rings. The Kier molecular flexibility index (Phi) is 12.8. The van der Waals surface area contributed by atoms with Crippen molar-refractivity contribution in [3.63, 3.8) is 0 Å². The molecular formula is C20H34IN5O2. The number of anilines is 1. The van der Waals surface area contributed by atoms with Crippen LogP contribution in [0.15, 0.2) is 23.2 Å². The van der Waals surface area contributed by atoms with Crippen molar-refractivity contribution < 1.29 is 9.53 Å². The molecule has 0 radical (unpaired) electrons. The summed E-state index contributed by atoms with van der Waals surface area (Å²) in [6.07, 6.45) is 8.10. The van der Waals surface area contributed by atoms with Crippen LogP contribution >= 0.6 is 24.0 Å². The Morgan fingerprint density at radius 1 is 1.21 bits per heavy atom. The number of halogens is 1. The minimum absolute atomic E-state index is 0. The summed E-state index contributed by atoms with van der Waals surface area (Å²) in [6, 6.07) is 5.56. The number of amides is 1. The maximum Gasteiger partial charge on any atom is 0.227 e. The van der Waals surface area contributed by atoms with Crippen LogP contribution < -0.4 is 16.0 Å². The Hall–Kier alpha value is -1.42. The minimum atomic E-state index is -0.0723. The van der Waals surface area contributed by atoms with E-state index in [9.17, 15) is 4.79 Å². The van der Waals surface area contributed by atoms with Crippen molar-refractivity contribution in [3.8, 4) is 0 Å². The second-order valence-electron chi connectivity index (χ2n) is 6.87. The minimum Gasteiger partial charge on any atom is -0.378 e. The lowest BCUT2D eigenvalue weighted by Crippen LogP contribution is -2.39. The smallest absolute Gasteiger partial charge is 0.227 e. The molecule has 28 heavy (non-hydrogen) atoms. The molecule has 1 aliphatic rings. The van der Waals surface area contributed by atoms with Crippen molar-refractivity contribution in [1.82, 2.24) is 15.6 Å². The molecule has 1 aromatic rings. The molecule has 2 rings (SSSR count). The van der Waals surface area contributed by atoms with Crippen LogP contribution in [0, 0.1) is 6.92 Å². The van der Waals surface area contributed by atoms with Crippen LogP contribution in [0.3, 0.4) is 0 Å². The van der Waals surface area contributed by atoms with Crippen LogP contribution in [0.5, 0.6) is 0 Å². The molecule has 0 atom stereocenters. The second-order valence-corrected chi connectivity index (χ2v) is 6.87. The van der Waals surface area contributed by atoms with Crippen LogP contribution in [-0.4, -0.2) is 49.7 Å². The van der Waals surface area contributed by atoms with Gasteiger partial charge in [0.2, 0.25) is 5.91 Å². The Morgan fingerprint density at radius 2 is 1.96 bits per heavy atom. The molecule has 1 amide bonds. The number of nitrogens with zero attached hydrogens (tertiary/aromatic N) is 2. The molecule has 0 bridgehead atoms. The molecule has 1 heterocycles. The Balaban J connectivity index is 0.00000392. The summed E-state index contributed by atoms with van der Waals surface area (Å²) in [5.74, 6) is 1.21. The van der Waals surface area contributed by atoms with Crippen molar-refractivity contribution >= 4 is 41.7 Å². The highest BCUT2D eigenvalue weighted by Crippen LogP contribution is 2.20. The largest absolute Gasteiger partial charge is 0.378 e. The predicted octanol–water partition coefficient (Wildman–Crippen LogP) is 3.24. The Bertz CT molecular complexity index is 606. The van der Waals surface area contributed by atoms with Gasteiger partial charge in [0, 0.05) is 38.9 Å². The number of aryl methyl sites for hydroxylation is 1. The molecule has 0 aliphatic heterocycles. The topological polar surface area (TPSA) is 87.6 Å². The summed E-state index contributed by atoms with van der Waals surface area (Å²) in [5.41, 5.74) is 0.878. The van der Waals surface area contributed by atoms with Gasteiger partial charge in [-0.2, -0.15) is 0 Å². The number of carbonyl (C=O) groups is 1. The van der Waals surface area contributed by atoms with Crippen LogP contribution in [0.1, 0.15) is 50.6 Å². The molecule has 7 nitrogen and oxygen atoms in total. The molecule has 3 N–H and O–H groups in total. The number of nitrogens with one attached hydrogen (secondary N) is 3. The predicted molar refractivity (Wildman–Crippen MR) is 124 cm³/mol. The number of ether oxygens (including phenoxy) is 1. The molecule has 8 heteroatoms.